The molecule has 1 N–H and O–H groups in total. The molecule has 0 atom stereocenters. The fraction of sp³-hybridized carbons (Fsp3) is 0.538. The van der Waals surface area contributed by atoms with E-state index in [1.807, 2.05) is 0 Å². The molecular weight excluding hydrogens is 460 g/mol. The number of benzene rings is 1. The Morgan fingerprint density at radius 3 is 2.44 bits per heavy atom. The molecule has 0 unspecified atom stereocenters. The van der Waals surface area contributed by atoms with Gasteiger partial charge in [0.15, 0.2) is 5.75 Å². The van der Waals surface area contributed by atoms with Gasteiger partial charge in [-0.15, -0.1) is 0 Å². The molecule has 190 valence electrons. The van der Waals surface area contributed by atoms with E-state index >= 15 is 0 Å². The molecule has 3 aliphatic rings. The molecule has 0 amide bonds. The van der Waals surface area contributed by atoms with Crippen molar-refractivity contribution in [3.05, 3.63) is 36.9 Å². The van der Waals surface area contributed by atoms with Gasteiger partial charge in [-0.25, -0.2) is 15.0 Å². The van der Waals surface area contributed by atoms with Gasteiger partial charge in [0.05, 0.1) is 57.0 Å². The SMILES string of the molecule is c1cnc2c(OC3CCC(Nc4ncc(OCC5COC5)cn4)CC3)cc(N3CCOCC3)cc2n1. The van der Waals surface area contributed by atoms with Crippen LogP contribution in [0.15, 0.2) is 36.9 Å². The summed E-state index contributed by atoms with van der Waals surface area (Å²) < 4.78 is 23.0. The second-order valence-electron chi connectivity index (χ2n) is 9.66. The molecule has 1 saturated carbocycles. The Hall–Kier alpha value is -3.24. The molecule has 1 aliphatic carbocycles. The Bertz CT molecular complexity index is 1140. The lowest BCUT2D eigenvalue weighted by atomic mass is 9.93. The number of morpholine rings is 1. The minimum Gasteiger partial charge on any atom is -0.490 e. The van der Waals surface area contributed by atoms with E-state index in [-0.39, 0.29) is 6.10 Å². The maximum Gasteiger partial charge on any atom is 0.223 e. The molecule has 10 nitrogen and oxygen atoms in total. The third-order valence-corrected chi connectivity index (χ3v) is 7.02. The van der Waals surface area contributed by atoms with Gasteiger partial charge >= 0.3 is 0 Å². The van der Waals surface area contributed by atoms with E-state index in [9.17, 15) is 0 Å². The summed E-state index contributed by atoms with van der Waals surface area (Å²) in [5.41, 5.74) is 2.79. The van der Waals surface area contributed by atoms with Crippen LogP contribution in [0.25, 0.3) is 11.0 Å². The maximum atomic E-state index is 6.53. The fourth-order valence-electron chi connectivity index (χ4n) is 4.87. The van der Waals surface area contributed by atoms with Crippen LogP contribution in [0.2, 0.25) is 0 Å². The fourth-order valence-corrected chi connectivity index (χ4v) is 4.87. The molecule has 2 saturated heterocycles. The molecule has 0 radical (unpaired) electrons. The summed E-state index contributed by atoms with van der Waals surface area (Å²) in [6, 6.07) is 4.53. The Morgan fingerprint density at radius 2 is 1.69 bits per heavy atom. The monoisotopic (exact) mass is 492 g/mol. The van der Waals surface area contributed by atoms with Crippen LogP contribution in [-0.4, -0.2) is 78.2 Å². The van der Waals surface area contributed by atoms with Crippen molar-refractivity contribution in [1.82, 2.24) is 19.9 Å². The van der Waals surface area contributed by atoms with Gasteiger partial charge in [0.1, 0.15) is 11.3 Å². The molecule has 4 heterocycles. The van der Waals surface area contributed by atoms with Gasteiger partial charge in [0.25, 0.3) is 0 Å². The summed E-state index contributed by atoms with van der Waals surface area (Å²) in [6.45, 7) is 5.41. The number of rotatable bonds is 8. The Kier molecular flexibility index (Phi) is 6.95. The molecule has 36 heavy (non-hydrogen) atoms. The summed E-state index contributed by atoms with van der Waals surface area (Å²) in [5.74, 6) is 2.62. The Labute approximate surface area is 210 Å². The lowest BCUT2D eigenvalue weighted by Crippen LogP contribution is -2.36. The third-order valence-electron chi connectivity index (χ3n) is 7.02. The van der Waals surface area contributed by atoms with Crippen LogP contribution in [0.5, 0.6) is 11.5 Å². The minimum absolute atomic E-state index is 0.139. The van der Waals surface area contributed by atoms with Gasteiger partial charge < -0.3 is 29.2 Å². The van der Waals surface area contributed by atoms with E-state index in [2.05, 4.69) is 42.3 Å². The van der Waals surface area contributed by atoms with Gasteiger partial charge in [-0.05, 0) is 31.7 Å². The quantitative estimate of drug-likeness (QED) is 0.504. The predicted molar refractivity (Wildman–Crippen MR) is 135 cm³/mol. The Morgan fingerprint density at radius 1 is 0.917 bits per heavy atom. The molecule has 2 aliphatic heterocycles. The molecule has 0 bridgehead atoms. The van der Waals surface area contributed by atoms with Crippen molar-refractivity contribution in [2.45, 2.75) is 37.8 Å². The van der Waals surface area contributed by atoms with Crippen LogP contribution in [0.3, 0.4) is 0 Å². The van der Waals surface area contributed by atoms with E-state index in [1.54, 1.807) is 24.8 Å². The average molecular weight is 493 g/mol. The van der Waals surface area contributed by atoms with Crippen molar-refractivity contribution in [2.75, 3.05) is 56.3 Å². The van der Waals surface area contributed by atoms with Gasteiger partial charge in [-0.1, -0.05) is 0 Å². The first-order valence-electron chi connectivity index (χ1n) is 12.8. The number of anilines is 2. The smallest absolute Gasteiger partial charge is 0.223 e. The van der Waals surface area contributed by atoms with E-state index in [0.717, 1.165) is 87.7 Å². The van der Waals surface area contributed by atoms with E-state index in [0.29, 0.717) is 30.3 Å². The normalized spacial score (nSPS) is 22.7. The second kappa shape index (κ2) is 10.8. The second-order valence-corrected chi connectivity index (χ2v) is 9.66. The van der Waals surface area contributed by atoms with E-state index in [1.165, 1.54) is 0 Å². The summed E-state index contributed by atoms with van der Waals surface area (Å²) in [4.78, 5) is 20.3. The molecule has 1 aromatic carbocycles. The molecule has 6 rings (SSSR count). The number of hydrogen-bond donors (Lipinski definition) is 1. The highest BCUT2D eigenvalue weighted by Crippen LogP contribution is 2.33. The topological polar surface area (TPSA) is 104 Å². The van der Waals surface area contributed by atoms with Crippen molar-refractivity contribution in [2.24, 2.45) is 5.92 Å². The first kappa shape index (κ1) is 23.2. The summed E-state index contributed by atoms with van der Waals surface area (Å²) in [5, 5.41) is 3.47. The zero-order valence-corrected chi connectivity index (χ0v) is 20.3. The van der Waals surface area contributed by atoms with Crippen LogP contribution >= 0.6 is 0 Å². The van der Waals surface area contributed by atoms with Crippen molar-refractivity contribution >= 4 is 22.7 Å². The van der Waals surface area contributed by atoms with Gasteiger partial charge in [-0.3, -0.25) is 4.98 Å². The zero-order valence-electron chi connectivity index (χ0n) is 20.3. The van der Waals surface area contributed by atoms with Crippen molar-refractivity contribution in [3.8, 4) is 11.5 Å². The number of ether oxygens (including phenoxy) is 4. The lowest BCUT2D eigenvalue weighted by Gasteiger charge is -2.31. The third kappa shape index (κ3) is 5.44. The van der Waals surface area contributed by atoms with Gasteiger partial charge in [-0.2, -0.15) is 0 Å². The van der Waals surface area contributed by atoms with Gasteiger partial charge in [0, 0.05) is 49.2 Å². The van der Waals surface area contributed by atoms with Crippen LogP contribution in [0, 0.1) is 5.92 Å². The van der Waals surface area contributed by atoms with Crippen LogP contribution < -0.4 is 19.7 Å². The van der Waals surface area contributed by atoms with Crippen molar-refractivity contribution in [3.63, 3.8) is 0 Å². The van der Waals surface area contributed by atoms with Crippen LogP contribution in [0.1, 0.15) is 25.7 Å². The number of fused-ring (bicyclic) bond motifs is 1. The number of nitrogens with zero attached hydrogens (tertiary/aromatic N) is 5. The molecule has 0 spiro atoms. The van der Waals surface area contributed by atoms with Crippen LogP contribution in [0.4, 0.5) is 11.6 Å². The van der Waals surface area contributed by atoms with Crippen molar-refractivity contribution < 1.29 is 18.9 Å². The zero-order chi connectivity index (χ0) is 24.2. The average Bonchev–Trinajstić information content (AvgIpc) is 2.90. The van der Waals surface area contributed by atoms with E-state index in [4.69, 9.17) is 18.9 Å². The van der Waals surface area contributed by atoms with E-state index < -0.39 is 0 Å². The highest BCUT2D eigenvalue weighted by atomic mass is 16.5. The van der Waals surface area contributed by atoms with Gasteiger partial charge in [0.2, 0.25) is 5.95 Å². The molecule has 3 fully saturated rings. The molecule has 10 heteroatoms. The highest BCUT2D eigenvalue weighted by Gasteiger charge is 2.25. The molecular formula is C26H32N6O4. The minimum atomic E-state index is 0.139. The largest absolute Gasteiger partial charge is 0.490 e. The predicted octanol–water partition coefficient (Wildman–Crippen LogP) is 3.08. The standard InChI is InChI=1S/C26H32N6O4/c1-3-21(4-2-19(1)31-26-29-13-22(14-30-26)35-17-18-15-34-16-18)36-24-12-20(32-7-9-33-10-8-32)11-23-25(24)28-6-5-27-23/h5-6,11-14,18-19,21H,1-4,7-10,15-17H2,(H,29,30,31). The maximum absolute atomic E-state index is 6.53. The van der Waals surface area contributed by atoms with Crippen molar-refractivity contribution in [1.29, 1.82) is 0 Å². The molecule has 2 aromatic heterocycles. The number of nitrogens with one attached hydrogen (secondary N) is 1. The highest BCUT2D eigenvalue weighted by molar-refractivity contribution is 5.85. The van der Waals surface area contributed by atoms with Crippen LogP contribution in [-0.2, 0) is 9.47 Å². The molecule has 3 aromatic rings. The summed E-state index contributed by atoms with van der Waals surface area (Å²) in [7, 11) is 0. The first-order chi connectivity index (χ1) is 17.8. The lowest BCUT2D eigenvalue weighted by molar-refractivity contribution is -0.0509. The first-order valence-corrected chi connectivity index (χ1v) is 12.8. The number of hydrogen-bond acceptors (Lipinski definition) is 10. The summed E-state index contributed by atoms with van der Waals surface area (Å²) >= 11 is 0. The summed E-state index contributed by atoms with van der Waals surface area (Å²) in [6.07, 6.45) is 10.9. The number of aromatic nitrogens is 4. The Balaban J connectivity index is 1.05.